The van der Waals surface area contributed by atoms with Crippen LogP contribution in [0.5, 0.6) is 0 Å². The van der Waals surface area contributed by atoms with Gasteiger partial charge in [0.05, 0.1) is 37.3 Å². The molecule has 0 radical (unpaired) electrons. The van der Waals surface area contributed by atoms with Crippen LogP contribution in [0.4, 0.5) is 0 Å². The van der Waals surface area contributed by atoms with Gasteiger partial charge in [-0.15, -0.1) is 0 Å². The summed E-state index contributed by atoms with van der Waals surface area (Å²) in [6.07, 6.45) is 7.21. The van der Waals surface area contributed by atoms with Crippen LogP contribution in [0, 0.1) is 46.0 Å². The van der Waals surface area contributed by atoms with Crippen LogP contribution in [-0.4, -0.2) is 35.2 Å². The second-order valence-corrected chi connectivity index (χ2v) is 7.10. The number of benzene rings is 2. The van der Waals surface area contributed by atoms with Crippen LogP contribution in [0.2, 0.25) is 0 Å². The zero-order chi connectivity index (χ0) is 29.5. The second-order valence-electron chi connectivity index (χ2n) is 7.10. The fourth-order valence-corrected chi connectivity index (χ4v) is 3.36. The normalized spacial score (nSPS) is 9.17. The molecule has 0 unspecified atom stereocenters. The van der Waals surface area contributed by atoms with Crippen molar-refractivity contribution in [2.45, 2.75) is 0 Å². The molecule has 0 N–H and O–H groups in total. The number of aromatic nitrogens is 4. The number of hydrogen-bond acceptors (Lipinski definition) is 13. The van der Waals surface area contributed by atoms with E-state index in [1.54, 1.807) is 24.8 Å². The maximum atomic E-state index is 8.25. The molecule has 0 atom stereocenters. The Morgan fingerprint density at radius 3 is 0.732 bits per heavy atom. The predicted octanol–water partition coefficient (Wildman–Crippen LogP) is 4.85. The van der Waals surface area contributed by atoms with E-state index in [1.807, 2.05) is 24.3 Å². The molecule has 0 aliphatic carbocycles. The van der Waals surface area contributed by atoms with Crippen molar-refractivity contribution in [3.05, 3.63) is 144 Å². The van der Waals surface area contributed by atoms with E-state index in [-0.39, 0.29) is 32.7 Å². The van der Waals surface area contributed by atoms with Crippen molar-refractivity contribution in [2.75, 3.05) is 0 Å². The summed E-state index contributed by atoms with van der Waals surface area (Å²) in [5.41, 5.74) is 3.91. The van der Waals surface area contributed by atoms with Gasteiger partial charge in [-0.3, -0.25) is 19.9 Å². The van der Waals surface area contributed by atoms with Crippen molar-refractivity contribution in [1.29, 1.82) is 0 Å². The molecule has 0 aliphatic heterocycles. The van der Waals surface area contributed by atoms with Crippen molar-refractivity contribution in [1.82, 2.24) is 19.9 Å². The van der Waals surface area contributed by atoms with Gasteiger partial charge in [-0.1, -0.05) is 48.5 Å². The van der Waals surface area contributed by atoms with Gasteiger partial charge >= 0.3 is 32.7 Å². The van der Waals surface area contributed by atoms with Crippen molar-refractivity contribution in [2.24, 2.45) is 0 Å². The summed E-state index contributed by atoms with van der Waals surface area (Å²) in [4.78, 5) is 42.1. The molecule has 0 fully saturated rings. The monoisotopic (exact) mass is 635 g/mol. The second kappa shape index (κ2) is 17.4. The van der Waals surface area contributed by atoms with Crippen LogP contribution in [0.15, 0.2) is 97.6 Å². The van der Waals surface area contributed by atoms with E-state index < -0.39 is 15.3 Å². The molecule has 204 valence electrons. The average Bonchev–Trinajstić information content (AvgIpc) is 2.92. The fraction of sp³-hybridized carbons (Fsp3) is 0. The molecule has 41 heavy (non-hydrogen) atoms. The van der Waals surface area contributed by atoms with Crippen LogP contribution < -0.4 is 0 Å². The molecule has 17 heteroatoms. The van der Waals surface area contributed by atoms with E-state index in [0.29, 0.717) is 0 Å². The Kier molecular flexibility index (Phi) is 14.3. The van der Waals surface area contributed by atoms with Crippen LogP contribution in [-0.2, 0) is 32.7 Å². The number of hydrogen-bond donors (Lipinski definition) is 0. The van der Waals surface area contributed by atoms with Crippen LogP contribution in [0.3, 0.4) is 0 Å². The minimum Gasteiger partial charge on any atom is -0.356 e. The number of nitrogens with zero attached hydrogens (tertiary/aromatic N) is 7. The van der Waals surface area contributed by atoms with Gasteiger partial charge in [-0.05, 0) is 24.3 Å². The Hall–Kier alpha value is -5.22. The van der Waals surface area contributed by atoms with Crippen LogP contribution in [0.25, 0.3) is 43.6 Å². The maximum Gasteiger partial charge on any atom is 3.00 e. The molecule has 4 heterocycles. The van der Waals surface area contributed by atoms with E-state index in [9.17, 15) is 0 Å². The summed E-state index contributed by atoms with van der Waals surface area (Å²) in [7, 11) is 0. The van der Waals surface area contributed by atoms with E-state index in [2.05, 4.69) is 68.5 Å². The minimum absolute atomic E-state index is 0. The third-order valence-corrected chi connectivity index (χ3v) is 4.69. The van der Waals surface area contributed by atoms with Crippen molar-refractivity contribution < 1.29 is 48.0 Å². The van der Waals surface area contributed by atoms with Gasteiger partial charge in [-0.2, -0.15) is 0 Å². The standard InChI is InChI=1S/2C12H8N2.3NO3.Y/c2*1-3-9-5-6-10-4-2-8-14-12(10)11(9)13-7-1;3*2-1(3)4;/h2*1-8H;;;;/q;;3*-1;+3. The van der Waals surface area contributed by atoms with Gasteiger partial charge in [-0.25, -0.2) is 0 Å². The zero-order valence-electron chi connectivity index (χ0n) is 20.6. The number of rotatable bonds is 0. The molecule has 2 aromatic carbocycles. The van der Waals surface area contributed by atoms with Gasteiger partial charge in [0.25, 0.3) is 0 Å². The number of fused-ring (bicyclic) bond motifs is 6. The summed E-state index contributed by atoms with van der Waals surface area (Å²) in [5.74, 6) is 0. The molecule has 0 saturated carbocycles. The first kappa shape index (κ1) is 33.8. The molecule has 4 aromatic heterocycles. The molecule has 16 nitrogen and oxygen atoms in total. The van der Waals surface area contributed by atoms with E-state index in [1.165, 1.54) is 0 Å². The van der Waals surface area contributed by atoms with Crippen LogP contribution >= 0.6 is 0 Å². The molecule has 0 bridgehead atoms. The first-order valence-corrected chi connectivity index (χ1v) is 10.7. The summed E-state index contributed by atoms with van der Waals surface area (Å²) in [6, 6.07) is 24.3. The van der Waals surface area contributed by atoms with Gasteiger partial charge in [0.1, 0.15) is 0 Å². The summed E-state index contributed by atoms with van der Waals surface area (Å²) >= 11 is 0. The Labute approximate surface area is 254 Å². The zero-order valence-corrected chi connectivity index (χ0v) is 23.5. The van der Waals surface area contributed by atoms with Crippen molar-refractivity contribution in [3.63, 3.8) is 0 Å². The van der Waals surface area contributed by atoms with Gasteiger partial charge in [0.2, 0.25) is 0 Å². The third-order valence-electron chi connectivity index (χ3n) is 4.69. The van der Waals surface area contributed by atoms with E-state index in [4.69, 9.17) is 46.0 Å². The Balaban J connectivity index is 0.000000293. The predicted molar refractivity (Wildman–Crippen MR) is 145 cm³/mol. The van der Waals surface area contributed by atoms with Gasteiger partial charge in [0, 0.05) is 46.3 Å². The Morgan fingerprint density at radius 2 is 0.561 bits per heavy atom. The molecule has 0 spiro atoms. The number of pyridine rings is 4. The SMILES string of the molecule is O=[N+]([O-])[O-].O=[N+]([O-])[O-].O=[N+]([O-])[O-].[Y+3].c1cnc2c(c1)ccc1cccnc12.c1cnc2c(c1)ccc1cccnc12. The molecule has 0 aliphatic rings. The Bertz CT molecular complexity index is 1500. The topological polar surface area (TPSA) is 250 Å². The van der Waals surface area contributed by atoms with E-state index >= 15 is 0 Å². The average molecular weight is 635 g/mol. The molecule has 6 rings (SSSR count). The third kappa shape index (κ3) is 11.6. The summed E-state index contributed by atoms with van der Waals surface area (Å²) in [6.45, 7) is 0. The van der Waals surface area contributed by atoms with Crippen LogP contribution in [0.1, 0.15) is 0 Å². The molecule has 6 aromatic rings. The first-order valence-electron chi connectivity index (χ1n) is 10.7. The fourth-order valence-electron chi connectivity index (χ4n) is 3.36. The molecule has 0 amide bonds. The summed E-state index contributed by atoms with van der Waals surface area (Å²) < 4.78 is 0. The van der Waals surface area contributed by atoms with Crippen molar-refractivity contribution in [3.8, 4) is 0 Å². The molecular weight excluding hydrogens is 619 g/mol. The van der Waals surface area contributed by atoms with Gasteiger partial charge in [0.15, 0.2) is 0 Å². The Morgan fingerprint density at radius 1 is 0.390 bits per heavy atom. The molecular formula is C24H16N7O9Y. The minimum atomic E-state index is -1.75. The van der Waals surface area contributed by atoms with Gasteiger partial charge < -0.3 is 46.0 Å². The van der Waals surface area contributed by atoms with Crippen molar-refractivity contribution >= 4 is 43.6 Å². The maximum absolute atomic E-state index is 8.25. The van der Waals surface area contributed by atoms with E-state index in [0.717, 1.165) is 43.6 Å². The molecule has 0 saturated heterocycles. The first-order chi connectivity index (χ1) is 19.1. The largest absolute Gasteiger partial charge is 3.00 e. The quantitative estimate of drug-likeness (QED) is 0.123. The smallest absolute Gasteiger partial charge is 0.356 e. The summed E-state index contributed by atoms with van der Waals surface area (Å²) in [5, 5.41) is 48.8.